The number of carbonyl (C=O) groups excluding carboxylic acids is 1. The molecular formula is C23H32FNO5S. The van der Waals surface area contributed by atoms with E-state index in [1.54, 1.807) is 7.11 Å². The van der Waals surface area contributed by atoms with Crippen molar-refractivity contribution in [3.63, 3.8) is 0 Å². The van der Waals surface area contributed by atoms with E-state index in [0.717, 1.165) is 31.2 Å². The van der Waals surface area contributed by atoms with Crippen LogP contribution in [0.15, 0.2) is 12.1 Å². The number of halogens is 1. The number of benzene rings is 1. The molecule has 0 aromatic heterocycles. The van der Waals surface area contributed by atoms with E-state index in [4.69, 9.17) is 9.47 Å². The lowest BCUT2D eigenvalue weighted by atomic mass is 9.97. The van der Waals surface area contributed by atoms with Gasteiger partial charge in [-0.15, -0.1) is 0 Å². The highest BCUT2D eigenvalue weighted by molar-refractivity contribution is 7.90. The molecule has 3 saturated carbocycles. The molecule has 0 unspecified atom stereocenters. The van der Waals surface area contributed by atoms with Crippen molar-refractivity contribution in [2.75, 3.05) is 13.7 Å². The van der Waals surface area contributed by atoms with Crippen molar-refractivity contribution in [3.8, 4) is 5.75 Å². The Labute approximate surface area is 183 Å². The van der Waals surface area contributed by atoms with Gasteiger partial charge in [0.1, 0.15) is 11.6 Å². The predicted octanol–water partition coefficient (Wildman–Crippen LogP) is 4.29. The van der Waals surface area contributed by atoms with E-state index in [1.807, 2.05) is 0 Å². The predicted molar refractivity (Wildman–Crippen MR) is 115 cm³/mol. The molecule has 0 saturated heterocycles. The standard InChI is InChI=1S/C23H32FNO5S/c1-29-17-8-10-18(11-9-17)31(27,28)25-23(26)20-12-19(16-6-7-16)22(13-21(20)24)30-14-15-4-2-3-5-15/h12-13,15-18H,2-11,14H2,1H3,(H,25,26)/t17-,18+. The second-order valence-electron chi connectivity index (χ2n) is 9.22. The second-order valence-corrected chi connectivity index (χ2v) is 11.2. The zero-order valence-electron chi connectivity index (χ0n) is 18.1. The average Bonchev–Trinajstić information content (AvgIpc) is 3.46. The molecule has 8 heteroatoms. The SMILES string of the molecule is CO[C@H]1CC[C@@H](S(=O)(=O)NC(=O)c2cc(C3CC3)c(OCC3CCCC3)cc2F)CC1. The average molecular weight is 454 g/mol. The van der Waals surface area contributed by atoms with Gasteiger partial charge < -0.3 is 9.47 Å². The number of rotatable bonds is 8. The third-order valence-corrected chi connectivity index (χ3v) is 8.76. The summed E-state index contributed by atoms with van der Waals surface area (Å²) < 4.78 is 53.6. The summed E-state index contributed by atoms with van der Waals surface area (Å²) in [5, 5.41) is -0.664. The summed E-state index contributed by atoms with van der Waals surface area (Å²) in [4.78, 5) is 12.7. The maximum Gasteiger partial charge on any atom is 0.267 e. The van der Waals surface area contributed by atoms with Crippen LogP contribution < -0.4 is 9.46 Å². The van der Waals surface area contributed by atoms with Crippen LogP contribution in [0.25, 0.3) is 0 Å². The zero-order valence-corrected chi connectivity index (χ0v) is 18.9. The summed E-state index contributed by atoms with van der Waals surface area (Å²) in [5.41, 5.74) is 0.576. The topological polar surface area (TPSA) is 81.7 Å². The van der Waals surface area contributed by atoms with Crippen molar-refractivity contribution in [1.29, 1.82) is 0 Å². The van der Waals surface area contributed by atoms with Gasteiger partial charge in [-0.3, -0.25) is 4.79 Å². The van der Waals surface area contributed by atoms with Crippen molar-refractivity contribution in [3.05, 3.63) is 29.1 Å². The number of methoxy groups -OCH3 is 1. The molecule has 3 aliphatic carbocycles. The zero-order chi connectivity index (χ0) is 22.0. The first-order chi connectivity index (χ1) is 14.9. The Morgan fingerprint density at radius 1 is 1.06 bits per heavy atom. The molecule has 0 aliphatic heterocycles. The molecule has 3 aliphatic rings. The van der Waals surface area contributed by atoms with Crippen LogP contribution in [0.3, 0.4) is 0 Å². The summed E-state index contributed by atoms with van der Waals surface area (Å²) in [5.74, 6) is -0.426. The highest BCUT2D eigenvalue weighted by Gasteiger charge is 2.34. The molecule has 3 fully saturated rings. The summed E-state index contributed by atoms with van der Waals surface area (Å²) in [6.07, 6.45) is 8.76. The summed E-state index contributed by atoms with van der Waals surface area (Å²) in [6, 6.07) is 2.75. The van der Waals surface area contributed by atoms with E-state index in [9.17, 15) is 17.6 Å². The van der Waals surface area contributed by atoms with Gasteiger partial charge in [-0.2, -0.15) is 0 Å². The van der Waals surface area contributed by atoms with E-state index < -0.39 is 27.0 Å². The molecule has 31 heavy (non-hydrogen) atoms. The third kappa shape index (κ3) is 5.40. The lowest BCUT2D eigenvalue weighted by Gasteiger charge is -2.27. The van der Waals surface area contributed by atoms with E-state index in [0.29, 0.717) is 44.0 Å². The van der Waals surface area contributed by atoms with Crippen LogP contribution >= 0.6 is 0 Å². The van der Waals surface area contributed by atoms with E-state index in [1.165, 1.54) is 25.0 Å². The van der Waals surface area contributed by atoms with Gasteiger partial charge in [0.25, 0.3) is 5.91 Å². The number of hydrogen-bond acceptors (Lipinski definition) is 5. The summed E-state index contributed by atoms with van der Waals surface area (Å²) >= 11 is 0. The number of amides is 1. The van der Waals surface area contributed by atoms with Gasteiger partial charge >= 0.3 is 0 Å². The van der Waals surface area contributed by atoms with Crippen molar-refractivity contribution < 1.29 is 27.1 Å². The first-order valence-electron chi connectivity index (χ1n) is 11.4. The second kappa shape index (κ2) is 9.45. The van der Waals surface area contributed by atoms with Gasteiger partial charge in [-0.1, -0.05) is 12.8 Å². The van der Waals surface area contributed by atoms with Crippen LogP contribution in [0, 0.1) is 11.7 Å². The number of carbonyl (C=O) groups is 1. The Morgan fingerprint density at radius 2 is 1.74 bits per heavy atom. The maximum atomic E-state index is 14.8. The minimum Gasteiger partial charge on any atom is -0.493 e. The molecule has 0 heterocycles. The molecule has 172 valence electrons. The van der Waals surface area contributed by atoms with Gasteiger partial charge in [-0.05, 0) is 74.8 Å². The molecule has 1 N–H and O–H groups in total. The summed E-state index contributed by atoms with van der Waals surface area (Å²) in [6.45, 7) is 0.559. The highest BCUT2D eigenvalue weighted by Crippen LogP contribution is 2.45. The van der Waals surface area contributed by atoms with Gasteiger partial charge in [0.2, 0.25) is 10.0 Å². The Balaban J connectivity index is 1.46. The summed E-state index contributed by atoms with van der Waals surface area (Å²) in [7, 11) is -2.27. The first kappa shape index (κ1) is 22.5. The minimum atomic E-state index is -3.88. The monoisotopic (exact) mass is 453 g/mol. The molecule has 1 aromatic carbocycles. The van der Waals surface area contributed by atoms with Crippen molar-refractivity contribution >= 4 is 15.9 Å². The molecule has 0 atom stereocenters. The smallest absolute Gasteiger partial charge is 0.267 e. The largest absolute Gasteiger partial charge is 0.493 e. The van der Waals surface area contributed by atoms with Crippen LogP contribution in [0.1, 0.15) is 86.0 Å². The fraction of sp³-hybridized carbons (Fsp3) is 0.696. The van der Waals surface area contributed by atoms with E-state index in [2.05, 4.69) is 4.72 Å². The first-order valence-corrected chi connectivity index (χ1v) is 13.0. The Bertz CT molecular complexity index is 901. The Kier molecular flexibility index (Phi) is 6.86. The lowest BCUT2D eigenvalue weighted by molar-refractivity contribution is 0.0716. The fourth-order valence-electron chi connectivity index (χ4n) is 4.81. The minimum absolute atomic E-state index is 0.0532. The van der Waals surface area contributed by atoms with Gasteiger partial charge in [-0.25, -0.2) is 17.5 Å². The van der Waals surface area contributed by atoms with Crippen molar-refractivity contribution in [2.24, 2.45) is 5.92 Å². The van der Waals surface area contributed by atoms with Crippen LogP contribution in [0.2, 0.25) is 0 Å². The Hall–Kier alpha value is -1.67. The fourth-order valence-corrected chi connectivity index (χ4v) is 6.24. The normalized spacial score (nSPS) is 24.8. The highest BCUT2D eigenvalue weighted by atomic mass is 32.2. The van der Waals surface area contributed by atoms with Crippen LogP contribution in [0.5, 0.6) is 5.75 Å². The molecule has 0 spiro atoms. The maximum absolute atomic E-state index is 14.8. The van der Waals surface area contributed by atoms with Crippen molar-refractivity contribution in [2.45, 2.75) is 81.5 Å². The molecule has 0 radical (unpaired) electrons. The van der Waals surface area contributed by atoms with E-state index >= 15 is 0 Å². The molecule has 1 amide bonds. The van der Waals surface area contributed by atoms with Gasteiger partial charge in [0.15, 0.2) is 0 Å². The third-order valence-electron chi connectivity index (χ3n) is 6.94. The van der Waals surface area contributed by atoms with E-state index in [-0.39, 0.29) is 17.6 Å². The van der Waals surface area contributed by atoms with Crippen molar-refractivity contribution in [1.82, 2.24) is 4.72 Å². The number of nitrogens with one attached hydrogen (secondary N) is 1. The van der Waals surface area contributed by atoms with Crippen LogP contribution in [-0.4, -0.2) is 39.4 Å². The van der Waals surface area contributed by atoms with Gasteiger partial charge in [0.05, 0.1) is 23.5 Å². The molecule has 1 aromatic rings. The molecule has 4 rings (SSSR count). The lowest BCUT2D eigenvalue weighted by Crippen LogP contribution is -2.41. The quantitative estimate of drug-likeness (QED) is 0.635. The van der Waals surface area contributed by atoms with Crippen LogP contribution in [-0.2, 0) is 14.8 Å². The van der Waals surface area contributed by atoms with Crippen LogP contribution in [0.4, 0.5) is 4.39 Å². The van der Waals surface area contributed by atoms with Gasteiger partial charge in [0, 0.05) is 13.2 Å². The number of ether oxygens (including phenoxy) is 2. The molecule has 6 nitrogen and oxygen atoms in total. The molecule has 0 bridgehead atoms. The Morgan fingerprint density at radius 3 is 2.35 bits per heavy atom. The number of sulfonamides is 1. The number of hydrogen-bond donors (Lipinski definition) is 1. The molecular weight excluding hydrogens is 421 g/mol.